The number of hydrogen-bond acceptors (Lipinski definition) is 6. The molecule has 3 rings (SSSR count). The van der Waals surface area contributed by atoms with Crippen LogP contribution in [-0.4, -0.2) is 65.2 Å². The van der Waals surface area contributed by atoms with E-state index in [1.54, 1.807) is 6.20 Å². The molecule has 7 nitrogen and oxygen atoms in total. The standard InChI is InChI=1S/C16H21N5O2/c1-12(23)18-14-11-13-3-2-4-17-15(13)16(19-14)21-7-5-20(6-8-21)9-10-22/h2-4,11,22H,5-10H2,1H3,(H,18,19,23). The van der Waals surface area contributed by atoms with E-state index >= 15 is 0 Å². The van der Waals surface area contributed by atoms with E-state index in [0.29, 0.717) is 12.4 Å². The van der Waals surface area contributed by atoms with E-state index in [1.807, 2.05) is 18.2 Å². The topological polar surface area (TPSA) is 81.6 Å². The number of fused-ring (bicyclic) bond motifs is 1. The molecule has 7 heteroatoms. The molecule has 122 valence electrons. The number of aliphatic hydroxyl groups excluding tert-OH is 1. The van der Waals surface area contributed by atoms with Crippen molar-refractivity contribution in [2.75, 3.05) is 49.5 Å². The lowest BCUT2D eigenvalue weighted by molar-refractivity contribution is -0.114. The van der Waals surface area contributed by atoms with E-state index in [4.69, 9.17) is 5.11 Å². The van der Waals surface area contributed by atoms with Gasteiger partial charge in [0.25, 0.3) is 0 Å². The van der Waals surface area contributed by atoms with Crippen LogP contribution in [0.15, 0.2) is 24.4 Å². The van der Waals surface area contributed by atoms with Gasteiger partial charge in [-0.15, -0.1) is 0 Å². The highest BCUT2D eigenvalue weighted by Gasteiger charge is 2.20. The van der Waals surface area contributed by atoms with E-state index in [0.717, 1.165) is 42.9 Å². The van der Waals surface area contributed by atoms with Crippen molar-refractivity contribution in [2.45, 2.75) is 6.92 Å². The first kappa shape index (κ1) is 15.6. The van der Waals surface area contributed by atoms with E-state index in [-0.39, 0.29) is 12.5 Å². The second-order valence-electron chi connectivity index (χ2n) is 5.64. The molecule has 0 saturated carbocycles. The maximum Gasteiger partial charge on any atom is 0.222 e. The van der Waals surface area contributed by atoms with Crippen LogP contribution in [0.3, 0.4) is 0 Å². The number of aromatic nitrogens is 2. The monoisotopic (exact) mass is 315 g/mol. The first-order valence-electron chi connectivity index (χ1n) is 7.79. The van der Waals surface area contributed by atoms with Crippen molar-refractivity contribution in [1.82, 2.24) is 14.9 Å². The zero-order chi connectivity index (χ0) is 16.2. The third-order valence-corrected chi connectivity index (χ3v) is 3.96. The van der Waals surface area contributed by atoms with Gasteiger partial charge >= 0.3 is 0 Å². The number of nitrogens with one attached hydrogen (secondary N) is 1. The highest BCUT2D eigenvalue weighted by Crippen LogP contribution is 2.26. The number of carbonyl (C=O) groups is 1. The van der Waals surface area contributed by atoms with Crippen molar-refractivity contribution < 1.29 is 9.90 Å². The second kappa shape index (κ2) is 6.89. The predicted octanol–water partition coefficient (Wildman–Crippen LogP) is 0.702. The summed E-state index contributed by atoms with van der Waals surface area (Å²) < 4.78 is 0. The molecule has 0 atom stereocenters. The van der Waals surface area contributed by atoms with Gasteiger partial charge in [-0.3, -0.25) is 14.7 Å². The fourth-order valence-corrected chi connectivity index (χ4v) is 2.86. The second-order valence-corrected chi connectivity index (χ2v) is 5.64. The Bertz CT molecular complexity index is 698. The smallest absolute Gasteiger partial charge is 0.222 e. The van der Waals surface area contributed by atoms with Gasteiger partial charge in [-0.25, -0.2) is 4.98 Å². The van der Waals surface area contributed by atoms with Crippen molar-refractivity contribution >= 4 is 28.4 Å². The molecule has 0 aromatic carbocycles. The fraction of sp³-hybridized carbons (Fsp3) is 0.438. The summed E-state index contributed by atoms with van der Waals surface area (Å²) in [5, 5.41) is 12.8. The summed E-state index contributed by atoms with van der Waals surface area (Å²) in [6.07, 6.45) is 1.76. The minimum atomic E-state index is -0.139. The maximum atomic E-state index is 11.3. The molecule has 0 unspecified atom stereocenters. The van der Waals surface area contributed by atoms with Gasteiger partial charge < -0.3 is 15.3 Å². The molecular formula is C16H21N5O2. The lowest BCUT2D eigenvalue weighted by Gasteiger charge is -2.35. The summed E-state index contributed by atoms with van der Waals surface area (Å²) in [5.74, 6) is 1.21. The zero-order valence-corrected chi connectivity index (χ0v) is 13.2. The van der Waals surface area contributed by atoms with Gasteiger partial charge in [0.2, 0.25) is 5.91 Å². The van der Waals surface area contributed by atoms with Gasteiger partial charge in [0.15, 0.2) is 5.82 Å². The minimum absolute atomic E-state index is 0.139. The number of pyridine rings is 2. The third-order valence-electron chi connectivity index (χ3n) is 3.96. The van der Waals surface area contributed by atoms with Crippen LogP contribution in [-0.2, 0) is 4.79 Å². The molecule has 0 bridgehead atoms. The number of nitrogens with zero attached hydrogens (tertiary/aromatic N) is 4. The highest BCUT2D eigenvalue weighted by molar-refractivity contribution is 5.94. The average Bonchev–Trinajstić information content (AvgIpc) is 2.54. The Kier molecular flexibility index (Phi) is 4.68. The molecule has 3 heterocycles. The Balaban J connectivity index is 1.91. The SMILES string of the molecule is CC(=O)Nc1cc2cccnc2c(N2CCN(CCO)CC2)n1. The Morgan fingerprint density at radius 2 is 2.13 bits per heavy atom. The summed E-state index contributed by atoms with van der Waals surface area (Å²) in [5.41, 5.74) is 0.845. The average molecular weight is 315 g/mol. The van der Waals surface area contributed by atoms with Crippen LogP contribution in [0, 0.1) is 0 Å². The number of aliphatic hydroxyl groups is 1. The Morgan fingerprint density at radius 3 is 2.83 bits per heavy atom. The van der Waals surface area contributed by atoms with Gasteiger partial charge in [-0.2, -0.15) is 0 Å². The van der Waals surface area contributed by atoms with Gasteiger partial charge in [-0.05, 0) is 12.1 Å². The molecule has 1 amide bonds. The zero-order valence-electron chi connectivity index (χ0n) is 13.2. The molecule has 0 aliphatic carbocycles. The van der Waals surface area contributed by atoms with Gasteiger partial charge in [0, 0.05) is 51.2 Å². The summed E-state index contributed by atoms with van der Waals surface area (Å²) in [6, 6.07) is 5.69. The number of β-amino-alcohol motifs (C(OH)–C–C–N with tert-alkyl or cyclic N) is 1. The number of hydrogen-bond donors (Lipinski definition) is 2. The molecule has 2 N–H and O–H groups in total. The molecule has 1 aliphatic rings. The van der Waals surface area contributed by atoms with Crippen molar-refractivity contribution in [1.29, 1.82) is 0 Å². The van der Waals surface area contributed by atoms with E-state index < -0.39 is 0 Å². The van der Waals surface area contributed by atoms with Crippen LogP contribution >= 0.6 is 0 Å². The van der Waals surface area contributed by atoms with Gasteiger partial charge in [-0.1, -0.05) is 6.07 Å². The largest absolute Gasteiger partial charge is 0.395 e. The van der Waals surface area contributed by atoms with Crippen LogP contribution < -0.4 is 10.2 Å². The van der Waals surface area contributed by atoms with Crippen molar-refractivity contribution in [3.05, 3.63) is 24.4 Å². The molecular weight excluding hydrogens is 294 g/mol. The number of rotatable bonds is 4. The lowest BCUT2D eigenvalue weighted by atomic mass is 10.2. The number of piperazine rings is 1. The number of amides is 1. The third kappa shape index (κ3) is 3.57. The summed E-state index contributed by atoms with van der Waals surface area (Å²) in [7, 11) is 0. The lowest BCUT2D eigenvalue weighted by Crippen LogP contribution is -2.47. The van der Waals surface area contributed by atoms with Crippen molar-refractivity contribution in [2.24, 2.45) is 0 Å². The van der Waals surface area contributed by atoms with Crippen LogP contribution in [0.2, 0.25) is 0 Å². The first-order valence-corrected chi connectivity index (χ1v) is 7.79. The molecule has 1 aliphatic heterocycles. The van der Waals surface area contributed by atoms with Gasteiger partial charge in [0.05, 0.1) is 6.61 Å². The fourth-order valence-electron chi connectivity index (χ4n) is 2.86. The molecule has 1 saturated heterocycles. The highest BCUT2D eigenvalue weighted by atomic mass is 16.3. The normalized spacial score (nSPS) is 15.8. The predicted molar refractivity (Wildman–Crippen MR) is 89.6 cm³/mol. The van der Waals surface area contributed by atoms with Crippen molar-refractivity contribution in [3.63, 3.8) is 0 Å². The molecule has 0 spiro atoms. The molecule has 0 radical (unpaired) electrons. The maximum absolute atomic E-state index is 11.3. The Morgan fingerprint density at radius 1 is 1.35 bits per heavy atom. The minimum Gasteiger partial charge on any atom is -0.395 e. The number of anilines is 2. The van der Waals surface area contributed by atoms with Crippen LogP contribution in [0.25, 0.3) is 10.9 Å². The van der Waals surface area contributed by atoms with Crippen molar-refractivity contribution in [3.8, 4) is 0 Å². The summed E-state index contributed by atoms with van der Waals surface area (Å²) >= 11 is 0. The summed E-state index contributed by atoms with van der Waals surface area (Å²) in [6.45, 7) is 5.75. The van der Waals surface area contributed by atoms with Crippen LogP contribution in [0.5, 0.6) is 0 Å². The van der Waals surface area contributed by atoms with E-state index in [9.17, 15) is 4.79 Å². The van der Waals surface area contributed by atoms with Crippen LogP contribution in [0.4, 0.5) is 11.6 Å². The molecule has 2 aromatic rings. The molecule has 1 fully saturated rings. The van der Waals surface area contributed by atoms with Crippen LogP contribution in [0.1, 0.15) is 6.92 Å². The molecule has 23 heavy (non-hydrogen) atoms. The first-order chi connectivity index (χ1) is 11.2. The summed E-state index contributed by atoms with van der Waals surface area (Å²) in [4.78, 5) is 24.8. The van der Waals surface area contributed by atoms with Gasteiger partial charge in [0.1, 0.15) is 11.3 Å². The number of carbonyl (C=O) groups excluding carboxylic acids is 1. The molecule has 2 aromatic heterocycles. The van der Waals surface area contributed by atoms with E-state index in [1.165, 1.54) is 6.92 Å². The Hall–Kier alpha value is -2.25. The van der Waals surface area contributed by atoms with E-state index in [2.05, 4.69) is 25.1 Å². The Labute approximate surface area is 134 Å². The quantitative estimate of drug-likeness (QED) is 0.864.